The van der Waals surface area contributed by atoms with E-state index in [2.05, 4.69) is 4.74 Å². The van der Waals surface area contributed by atoms with Crippen molar-refractivity contribution < 1.29 is 58.4 Å². The first kappa shape index (κ1) is 25.7. The van der Waals surface area contributed by atoms with Gasteiger partial charge in [-0.2, -0.15) is 34.8 Å². The third-order valence-electron chi connectivity index (χ3n) is 10.3. The highest BCUT2D eigenvalue weighted by molar-refractivity contribution is 7.85. The molecule has 0 radical (unpaired) electrons. The highest BCUT2D eigenvalue weighted by atomic mass is 32.2. The normalized spacial score (nSPS) is 44.4. The van der Waals surface area contributed by atoms with E-state index >= 15 is 0 Å². The highest BCUT2D eigenvalue weighted by Gasteiger charge is 2.78. The Labute approximate surface area is 208 Å². The molecule has 0 aromatic heterocycles. The van der Waals surface area contributed by atoms with Crippen LogP contribution in [0.1, 0.15) is 44.9 Å². The van der Waals surface area contributed by atoms with Gasteiger partial charge in [-0.25, -0.2) is 0 Å². The minimum atomic E-state index is -6.41. The quantitative estimate of drug-likeness (QED) is 0.309. The Kier molecular flexibility index (Phi) is 5.24. The summed E-state index contributed by atoms with van der Waals surface area (Å²) >= 11 is 0. The molecule has 0 spiro atoms. The van der Waals surface area contributed by atoms with Crippen molar-refractivity contribution >= 4 is 22.1 Å². The van der Waals surface area contributed by atoms with E-state index in [1.165, 1.54) is 0 Å². The van der Waals surface area contributed by atoms with Gasteiger partial charge in [-0.3, -0.25) is 14.1 Å². The fourth-order valence-electron chi connectivity index (χ4n) is 9.73. The molecule has 0 aromatic carbocycles. The zero-order valence-corrected chi connectivity index (χ0v) is 20.2. The van der Waals surface area contributed by atoms with Crippen molar-refractivity contribution in [3.05, 3.63) is 0 Å². The molecule has 37 heavy (non-hydrogen) atoms. The Morgan fingerprint density at radius 2 is 1.46 bits per heavy atom. The third-order valence-corrected chi connectivity index (χ3v) is 11.0. The van der Waals surface area contributed by atoms with E-state index in [1.54, 1.807) is 0 Å². The lowest BCUT2D eigenvalue weighted by Gasteiger charge is -2.61. The van der Waals surface area contributed by atoms with Crippen molar-refractivity contribution in [3.63, 3.8) is 0 Å². The van der Waals surface area contributed by atoms with E-state index in [9.17, 15) is 44.3 Å². The molecule has 1 heterocycles. The van der Waals surface area contributed by atoms with E-state index in [1.807, 2.05) is 0 Å². The molecular weight excluding hydrogens is 534 g/mol. The summed E-state index contributed by atoms with van der Waals surface area (Å²) in [6, 6.07) is 0. The SMILES string of the molecule is O=C1OC2C3CC(C(C(=O)OC(CS(=O)(=O)O)(C(F)(F)F)C(F)(F)F)C13)C2C12CC3CC(CC(C3)C1)C2. The Balaban J connectivity index is 1.36. The van der Waals surface area contributed by atoms with Crippen LogP contribution < -0.4 is 0 Å². The maximum atomic E-state index is 13.8. The van der Waals surface area contributed by atoms with Crippen molar-refractivity contribution in [2.75, 3.05) is 5.75 Å². The van der Waals surface area contributed by atoms with Gasteiger partial charge in [-0.05, 0) is 74.0 Å². The van der Waals surface area contributed by atoms with Crippen LogP contribution in [0, 0.1) is 52.8 Å². The topological polar surface area (TPSA) is 107 Å². The summed E-state index contributed by atoms with van der Waals surface area (Å²) in [5.74, 6) is -8.77. The van der Waals surface area contributed by atoms with Crippen LogP contribution >= 0.6 is 0 Å². The zero-order chi connectivity index (χ0) is 26.9. The summed E-state index contributed by atoms with van der Waals surface area (Å²) in [5, 5.41) is 0. The predicted octanol–water partition coefficient (Wildman–Crippen LogP) is 3.92. The van der Waals surface area contributed by atoms with Crippen LogP contribution in [0.2, 0.25) is 0 Å². The lowest BCUT2D eigenvalue weighted by molar-refractivity contribution is -0.362. The zero-order valence-electron chi connectivity index (χ0n) is 19.4. The molecule has 6 saturated carbocycles. The highest BCUT2D eigenvalue weighted by Crippen LogP contribution is 2.72. The van der Waals surface area contributed by atoms with Crippen molar-refractivity contribution in [1.29, 1.82) is 0 Å². The molecule has 1 aliphatic heterocycles. The molecule has 1 N–H and O–H groups in total. The molecule has 14 heteroatoms. The van der Waals surface area contributed by atoms with E-state index in [-0.39, 0.29) is 17.8 Å². The summed E-state index contributed by atoms with van der Waals surface area (Å²) in [6.45, 7) is 0. The summed E-state index contributed by atoms with van der Waals surface area (Å²) in [7, 11) is -5.90. The first-order valence-corrected chi connectivity index (χ1v) is 14.1. The van der Waals surface area contributed by atoms with Crippen LogP contribution in [0.5, 0.6) is 0 Å². The van der Waals surface area contributed by atoms with E-state index in [0.29, 0.717) is 17.8 Å². The fraction of sp³-hybridized carbons (Fsp3) is 0.913. The second kappa shape index (κ2) is 7.54. The second-order valence-corrected chi connectivity index (χ2v) is 13.7. The van der Waals surface area contributed by atoms with Gasteiger partial charge in [0.1, 0.15) is 11.9 Å². The van der Waals surface area contributed by atoms with Gasteiger partial charge < -0.3 is 9.47 Å². The number of rotatable bonds is 5. The Morgan fingerprint density at radius 3 is 1.92 bits per heavy atom. The lowest BCUT2D eigenvalue weighted by atomic mass is 9.44. The molecule has 0 amide bonds. The van der Waals surface area contributed by atoms with Gasteiger partial charge in [0.05, 0.1) is 11.8 Å². The number of halogens is 6. The summed E-state index contributed by atoms with van der Waals surface area (Å²) < 4.78 is 124. The van der Waals surface area contributed by atoms with Crippen molar-refractivity contribution in [2.45, 2.75) is 69.0 Å². The van der Waals surface area contributed by atoms with Crippen LogP contribution in [0.25, 0.3) is 0 Å². The molecule has 6 aliphatic carbocycles. The molecule has 7 rings (SSSR count). The predicted molar refractivity (Wildman–Crippen MR) is 110 cm³/mol. The maximum absolute atomic E-state index is 13.8. The monoisotopic (exact) mass is 560 g/mol. The van der Waals surface area contributed by atoms with Crippen LogP contribution in [0.4, 0.5) is 26.3 Å². The molecule has 0 aromatic rings. The van der Waals surface area contributed by atoms with Gasteiger partial charge in [0.25, 0.3) is 10.1 Å². The standard InChI is InChI=1S/C23H26F6O7S/c24-22(25,26)21(23(27,28)29,8-37(32,33)34)36-19(31)14-12-4-13-15(14)18(30)35-17(13)16(12)20-5-9-1-10(6-20)3-11(2-9)7-20/h9-17H,1-8H2,(H,32,33,34). The summed E-state index contributed by atoms with van der Waals surface area (Å²) in [4.78, 5) is 26.0. The van der Waals surface area contributed by atoms with Crippen LogP contribution in [-0.4, -0.2) is 54.7 Å². The van der Waals surface area contributed by atoms with E-state index < -0.39 is 75.5 Å². The number of ether oxygens (including phenoxy) is 2. The second-order valence-electron chi connectivity index (χ2n) is 12.3. The van der Waals surface area contributed by atoms with Crippen molar-refractivity contribution in [2.24, 2.45) is 52.8 Å². The minimum Gasteiger partial charge on any atom is -0.461 e. The molecular formula is C23H26F6O7S. The molecule has 7 fully saturated rings. The number of alkyl halides is 6. The van der Waals surface area contributed by atoms with E-state index in [0.717, 1.165) is 38.5 Å². The van der Waals surface area contributed by atoms with Crippen molar-refractivity contribution in [3.8, 4) is 0 Å². The fourth-order valence-corrected chi connectivity index (χ4v) is 10.6. The van der Waals surface area contributed by atoms with E-state index in [4.69, 9.17) is 9.29 Å². The maximum Gasteiger partial charge on any atom is 0.438 e. The van der Waals surface area contributed by atoms with Crippen LogP contribution in [0.15, 0.2) is 0 Å². The molecule has 1 saturated heterocycles. The van der Waals surface area contributed by atoms with Crippen molar-refractivity contribution in [1.82, 2.24) is 0 Å². The minimum absolute atomic E-state index is 0.247. The summed E-state index contributed by atoms with van der Waals surface area (Å²) in [5.41, 5.74) is -5.78. The summed E-state index contributed by atoms with van der Waals surface area (Å²) in [6.07, 6.45) is -7.40. The Bertz CT molecular complexity index is 1080. The van der Waals surface area contributed by atoms with Gasteiger partial charge in [-0.15, -0.1) is 0 Å². The average Bonchev–Trinajstić information content (AvgIpc) is 3.31. The Hall–Kier alpha value is -1.57. The van der Waals surface area contributed by atoms with Crippen LogP contribution in [0.3, 0.4) is 0 Å². The van der Waals surface area contributed by atoms with Gasteiger partial charge in [0.2, 0.25) is 0 Å². The molecule has 6 bridgehead atoms. The molecule has 7 nitrogen and oxygen atoms in total. The largest absolute Gasteiger partial charge is 0.461 e. The number of carbonyl (C=O) groups excluding carboxylic acids is 2. The number of carbonyl (C=O) groups is 2. The number of esters is 2. The molecule has 6 atom stereocenters. The third kappa shape index (κ3) is 3.59. The van der Waals surface area contributed by atoms with Gasteiger partial charge in [0, 0.05) is 11.8 Å². The molecule has 208 valence electrons. The smallest absolute Gasteiger partial charge is 0.438 e. The first-order valence-electron chi connectivity index (χ1n) is 12.5. The average molecular weight is 561 g/mol. The Morgan fingerprint density at radius 1 is 0.946 bits per heavy atom. The van der Waals surface area contributed by atoms with Gasteiger partial charge in [0.15, 0.2) is 0 Å². The number of hydrogen-bond donors (Lipinski definition) is 1. The van der Waals surface area contributed by atoms with Gasteiger partial charge >= 0.3 is 29.9 Å². The van der Waals surface area contributed by atoms with Gasteiger partial charge in [-0.1, -0.05) is 0 Å². The lowest BCUT2D eigenvalue weighted by Crippen LogP contribution is -2.64. The molecule has 6 unspecified atom stereocenters. The number of hydrogen-bond acceptors (Lipinski definition) is 6. The number of fused-ring (bicyclic) bond motifs is 1. The van der Waals surface area contributed by atoms with Crippen LogP contribution in [-0.2, 0) is 29.2 Å². The molecule has 7 aliphatic rings. The first-order chi connectivity index (χ1) is 16.9.